The fourth-order valence-corrected chi connectivity index (χ4v) is 2.74. The van der Waals surface area contributed by atoms with Crippen LogP contribution in [-0.4, -0.2) is 14.9 Å². The van der Waals surface area contributed by atoms with E-state index < -0.39 is 0 Å². The van der Waals surface area contributed by atoms with Crippen molar-refractivity contribution in [3.05, 3.63) is 40.9 Å². The number of nitrogens with zero attached hydrogens (tertiary/aromatic N) is 2. The molecule has 1 atom stereocenters. The molecule has 0 N–H and O–H groups in total. The second-order valence-corrected chi connectivity index (χ2v) is 5.42. The van der Waals surface area contributed by atoms with E-state index in [1.54, 1.807) is 10.9 Å². The SMILES string of the molecule is CC(CCBr)CCn1cnc2ccccc2c1=O. The normalized spacial score (nSPS) is 12.8. The van der Waals surface area contributed by atoms with Gasteiger partial charge in [0.15, 0.2) is 0 Å². The number of halogens is 1. The monoisotopic (exact) mass is 308 g/mol. The van der Waals surface area contributed by atoms with E-state index in [0.717, 1.165) is 30.2 Å². The predicted octanol–water partition coefficient (Wildman–Crippen LogP) is 3.21. The molecule has 0 bridgehead atoms. The highest BCUT2D eigenvalue weighted by Gasteiger charge is 2.05. The van der Waals surface area contributed by atoms with Crippen molar-refractivity contribution in [1.82, 2.24) is 9.55 Å². The zero-order valence-electron chi connectivity index (χ0n) is 10.5. The van der Waals surface area contributed by atoms with Gasteiger partial charge in [0.2, 0.25) is 0 Å². The summed E-state index contributed by atoms with van der Waals surface area (Å²) in [6.45, 7) is 2.95. The van der Waals surface area contributed by atoms with Crippen LogP contribution in [0.4, 0.5) is 0 Å². The van der Waals surface area contributed by atoms with Crippen LogP contribution < -0.4 is 5.56 Å². The third-order valence-electron chi connectivity index (χ3n) is 3.20. The van der Waals surface area contributed by atoms with Gasteiger partial charge < -0.3 is 0 Å². The summed E-state index contributed by atoms with van der Waals surface area (Å²) < 4.78 is 1.72. The lowest BCUT2D eigenvalue weighted by atomic mass is 10.1. The van der Waals surface area contributed by atoms with Crippen molar-refractivity contribution in [2.75, 3.05) is 5.33 Å². The Morgan fingerprint density at radius 2 is 2.11 bits per heavy atom. The number of benzene rings is 1. The maximum absolute atomic E-state index is 12.2. The Hall–Kier alpha value is -1.16. The van der Waals surface area contributed by atoms with Gasteiger partial charge in [-0.15, -0.1) is 0 Å². The lowest BCUT2D eigenvalue weighted by Crippen LogP contribution is -2.21. The van der Waals surface area contributed by atoms with Gasteiger partial charge in [-0.25, -0.2) is 4.98 Å². The highest BCUT2D eigenvalue weighted by molar-refractivity contribution is 9.09. The summed E-state index contributed by atoms with van der Waals surface area (Å²) in [6.07, 6.45) is 3.80. The molecular formula is C14H17BrN2O. The van der Waals surface area contributed by atoms with E-state index in [2.05, 4.69) is 27.8 Å². The standard InChI is InChI=1S/C14H17BrN2O/c1-11(6-8-15)7-9-17-10-16-13-5-3-2-4-12(13)14(17)18/h2-5,10-11H,6-9H2,1H3. The van der Waals surface area contributed by atoms with Crippen LogP contribution in [-0.2, 0) is 6.54 Å². The van der Waals surface area contributed by atoms with Gasteiger partial charge in [-0.2, -0.15) is 0 Å². The summed E-state index contributed by atoms with van der Waals surface area (Å²) >= 11 is 3.44. The third-order valence-corrected chi connectivity index (χ3v) is 3.65. The molecule has 1 unspecified atom stereocenters. The number of rotatable bonds is 5. The van der Waals surface area contributed by atoms with Gasteiger partial charge in [0.25, 0.3) is 5.56 Å². The molecule has 0 fully saturated rings. The van der Waals surface area contributed by atoms with Gasteiger partial charge in [0, 0.05) is 11.9 Å². The van der Waals surface area contributed by atoms with Gasteiger partial charge in [-0.1, -0.05) is 35.0 Å². The van der Waals surface area contributed by atoms with Crippen LogP contribution in [0, 0.1) is 5.92 Å². The molecule has 1 aromatic heterocycles. The minimum absolute atomic E-state index is 0.0617. The summed E-state index contributed by atoms with van der Waals surface area (Å²) in [5.74, 6) is 0.614. The number of alkyl halides is 1. The second-order valence-electron chi connectivity index (χ2n) is 4.63. The van der Waals surface area contributed by atoms with E-state index in [1.165, 1.54) is 0 Å². The zero-order valence-corrected chi connectivity index (χ0v) is 12.1. The Kier molecular flexibility index (Phi) is 4.53. The summed E-state index contributed by atoms with van der Waals surface area (Å²) in [5.41, 5.74) is 0.832. The number of hydrogen-bond acceptors (Lipinski definition) is 2. The number of aromatic nitrogens is 2. The van der Waals surface area contributed by atoms with Crippen molar-refractivity contribution >= 4 is 26.8 Å². The minimum atomic E-state index is 0.0617. The van der Waals surface area contributed by atoms with Crippen LogP contribution >= 0.6 is 15.9 Å². The first kappa shape index (κ1) is 13.3. The fourth-order valence-electron chi connectivity index (χ4n) is 1.96. The van der Waals surface area contributed by atoms with Gasteiger partial charge in [0.1, 0.15) is 0 Å². The highest BCUT2D eigenvalue weighted by atomic mass is 79.9. The second kappa shape index (κ2) is 6.14. The molecule has 4 heteroatoms. The summed E-state index contributed by atoms with van der Waals surface area (Å²) in [4.78, 5) is 16.5. The molecule has 0 saturated heterocycles. The first-order valence-electron chi connectivity index (χ1n) is 6.22. The van der Waals surface area contributed by atoms with Crippen molar-refractivity contribution in [1.29, 1.82) is 0 Å². The topological polar surface area (TPSA) is 34.9 Å². The van der Waals surface area contributed by atoms with E-state index in [9.17, 15) is 4.79 Å². The molecule has 0 aliphatic rings. The summed E-state index contributed by atoms with van der Waals surface area (Å²) in [5, 5.41) is 1.71. The summed E-state index contributed by atoms with van der Waals surface area (Å²) in [7, 11) is 0. The van der Waals surface area contributed by atoms with Crippen molar-refractivity contribution in [2.45, 2.75) is 26.3 Å². The van der Waals surface area contributed by atoms with E-state index in [4.69, 9.17) is 0 Å². The molecule has 1 aromatic carbocycles. The molecule has 0 spiro atoms. The molecule has 0 saturated carbocycles. The van der Waals surface area contributed by atoms with E-state index >= 15 is 0 Å². The fraction of sp³-hybridized carbons (Fsp3) is 0.429. The van der Waals surface area contributed by atoms with Crippen molar-refractivity contribution < 1.29 is 0 Å². The molecule has 3 nitrogen and oxygen atoms in total. The van der Waals surface area contributed by atoms with Crippen LogP contribution in [0.5, 0.6) is 0 Å². The molecule has 0 amide bonds. The Labute approximate surface area is 115 Å². The number of para-hydroxylation sites is 1. The van der Waals surface area contributed by atoms with Crippen LogP contribution in [0.1, 0.15) is 19.8 Å². The average molecular weight is 309 g/mol. The predicted molar refractivity (Wildman–Crippen MR) is 78.2 cm³/mol. The maximum atomic E-state index is 12.2. The van der Waals surface area contributed by atoms with Crippen LogP contribution in [0.25, 0.3) is 10.9 Å². The third kappa shape index (κ3) is 2.99. The quantitative estimate of drug-likeness (QED) is 0.795. The Balaban J connectivity index is 2.19. The van der Waals surface area contributed by atoms with Crippen LogP contribution in [0.3, 0.4) is 0 Å². The molecule has 1 heterocycles. The molecule has 96 valence electrons. The first-order chi connectivity index (χ1) is 8.72. The highest BCUT2D eigenvalue weighted by Crippen LogP contribution is 2.10. The molecule has 0 aliphatic heterocycles. The van der Waals surface area contributed by atoms with Gasteiger partial charge in [0.05, 0.1) is 17.2 Å². The molecule has 2 aromatic rings. The Morgan fingerprint density at radius 3 is 2.89 bits per heavy atom. The average Bonchev–Trinajstić information content (AvgIpc) is 2.39. The molecule has 18 heavy (non-hydrogen) atoms. The van der Waals surface area contributed by atoms with E-state index in [0.29, 0.717) is 11.3 Å². The molecular weight excluding hydrogens is 292 g/mol. The smallest absolute Gasteiger partial charge is 0.261 e. The minimum Gasteiger partial charge on any atom is -0.299 e. The van der Waals surface area contributed by atoms with Gasteiger partial charge in [-0.3, -0.25) is 9.36 Å². The molecule has 0 radical (unpaired) electrons. The van der Waals surface area contributed by atoms with Gasteiger partial charge in [-0.05, 0) is 30.9 Å². The summed E-state index contributed by atoms with van der Waals surface area (Å²) in [6, 6.07) is 7.48. The largest absolute Gasteiger partial charge is 0.299 e. The Bertz CT molecular complexity index is 579. The van der Waals surface area contributed by atoms with Crippen molar-refractivity contribution in [3.63, 3.8) is 0 Å². The van der Waals surface area contributed by atoms with Crippen molar-refractivity contribution in [2.24, 2.45) is 5.92 Å². The number of hydrogen-bond donors (Lipinski definition) is 0. The number of aryl methyl sites for hydroxylation is 1. The maximum Gasteiger partial charge on any atom is 0.261 e. The molecule has 2 rings (SSSR count). The van der Waals surface area contributed by atoms with Crippen LogP contribution in [0.15, 0.2) is 35.4 Å². The van der Waals surface area contributed by atoms with Crippen LogP contribution in [0.2, 0.25) is 0 Å². The van der Waals surface area contributed by atoms with E-state index in [-0.39, 0.29) is 5.56 Å². The zero-order chi connectivity index (χ0) is 13.0. The van der Waals surface area contributed by atoms with E-state index in [1.807, 2.05) is 24.3 Å². The lowest BCUT2D eigenvalue weighted by Gasteiger charge is -2.11. The Morgan fingerprint density at radius 1 is 1.33 bits per heavy atom. The van der Waals surface area contributed by atoms with Crippen molar-refractivity contribution in [3.8, 4) is 0 Å². The number of fused-ring (bicyclic) bond motifs is 1. The lowest BCUT2D eigenvalue weighted by molar-refractivity contribution is 0.465. The molecule has 0 aliphatic carbocycles. The first-order valence-corrected chi connectivity index (χ1v) is 7.34. The van der Waals surface area contributed by atoms with Gasteiger partial charge >= 0.3 is 0 Å².